The van der Waals surface area contributed by atoms with Crippen LogP contribution in [0.1, 0.15) is 39.1 Å². The summed E-state index contributed by atoms with van der Waals surface area (Å²) in [5.41, 5.74) is 1.37. The lowest BCUT2D eigenvalue weighted by Gasteiger charge is -2.25. The zero-order chi connectivity index (χ0) is 13.1. The van der Waals surface area contributed by atoms with Gasteiger partial charge in [-0.2, -0.15) is 5.10 Å². The number of rotatable bonds is 6. The number of aromatic nitrogens is 2. The molecule has 1 aromatic heterocycles. The van der Waals surface area contributed by atoms with Gasteiger partial charge in [0, 0.05) is 31.2 Å². The summed E-state index contributed by atoms with van der Waals surface area (Å²) in [7, 11) is 0. The molecule has 0 spiro atoms. The summed E-state index contributed by atoms with van der Waals surface area (Å²) in [4.78, 5) is 0. The second-order valence-corrected chi connectivity index (χ2v) is 5.30. The van der Waals surface area contributed by atoms with E-state index in [0.29, 0.717) is 19.0 Å². The van der Waals surface area contributed by atoms with Crippen molar-refractivity contribution < 1.29 is 5.11 Å². The SMILES string of the molecule is CCn1nc(C)cc1CC(C)(O)CNC(C)C. The standard InChI is InChI=1S/C13H25N3O/c1-6-16-12(7-11(4)15-16)8-13(5,17)9-14-10(2)3/h7,10,14,17H,6,8-9H2,1-5H3. The third-order valence-corrected chi connectivity index (χ3v) is 2.74. The first-order chi connectivity index (χ1) is 7.84. The molecule has 0 aliphatic rings. The van der Waals surface area contributed by atoms with Crippen molar-refractivity contribution in [2.24, 2.45) is 0 Å². The highest BCUT2D eigenvalue weighted by Gasteiger charge is 2.23. The van der Waals surface area contributed by atoms with Crippen molar-refractivity contribution in [3.05, 3.63) is 17.5 Å². The normalized spacial score (nSPS) is 15.2. The molecule has 1 aromatic rings. The van der Waals surface area contributed by atoms with Crippen LogP contribution >= 0.6 is 0 Å². The summed E-state index contributed by atoms with van der Waals surface area (Å²) in [5, 5.41) is 18.0. The Morgan fingerprint density at radius 2 is 2.18 bits per heavy atom. The highest BCUT2D eigenvalue weighted by molar-refractivity contribution is 5.11. The fraction of sp³-hybridized carbons (Fsp3) is 0.769. The average molecular weight is 239 g/mol. The van der Waals surface area contributed by atoms with Crippen molar-refractivity contribution in [2.75, 3.05) is 6.54 Å². The molecular formula is C13H25N3O. The summed E-state index contributed by atoms with van der Waals surface area (Å²) >= 11 is 0. The first kappa shape index (κ1) is 14.2. The lowest BCUT2D eigenvalue weighted by Crippen LogP contribution is -2.42. The third-order valence-electron chi connectivity index (χ3n) is 2.74. The number of aliphatic hydroxyl groups is 1. The van der Waals surface area contributed by atoms with E-state index in [1.807, 2.05) is 24.6 Å². The molecule has 4 heteroatoms. The Hall–Kier alpha value is -0.870. The summed E-state index contributed by atoms with van der Waals surface area (Å²) in [6.45, 7) is 11.5. The van der Waals surface area contributed by atoms with E-state index < -0.39 is 5.60 Å². The van der Waals surface area contributed by atoms with Crippen LogP contribution in [0.5, 0.6) is 0 Å². The smallest absolute Gasteiger partial charge is 0.0798 e. The molecule has 0 saturated carbocycles. The molecule has 2 N–H and O–H groups in total. The maximum atomic E-state index is 10.3. The molecule has 0 aromatic carbocycles. The van der Waals surface area contributed by atoms with Crippen LogP contribution in [0.25, 0.3) is 0 Å². The molecule has 1 unspecified atom stereocenters. The van der Waals surface area contributed by atoms with Crippen LogP contribution < -0.4 is 5.32 Å². The number of nitrogens with zero attached hydrogens (tertiary/aromatic N) is 2. The highest BCUT2D eigenvalue weighted by atomic mass is 16.3. The van der Waals surface area contributed by atoms with Crippen LogP contribution in [-0.2, 0) is 13.0 Å². The Balaban J connectivity index is 2.68. The minimum Gasteiger partial charge on any atom is -0.388 e. The van der Waals surface area contributed by atoms with E-state index >= 15 is 0 Å². The molecule has 0 amide bonds. The summed E-state index contributed by atoms with van der Waals surface area (Å²) in [6.07, 6.45) is 0.626. The Bertz CT molecular complexity index is 356. The molecule has 98 valence electrons. The Labute approximate surface area is 104 Å². The van der Waals surface area contributed by atoms with Crippen molar-refractivity contribution in [1.29, 1.82) is 0 Å². The minimum atomic E-state index is -0.732. The van der Waals surface area contributed by atoms with Crippen LogP contribution in [0, 0.1) is 6.92 Å². The second-order valence-electron chi connectivity index (χ2n) is 5.30. The van der Waals surface area contributed by atoms with Gasteiger partial charge in [-0.05, 0) is 26.8 Å². The first-order valence-electron chi connectivity index (χ1n) is 6.33. The molecule has 1 rings (SSSR count). The molecule has 1 heterocycles. The zero-order valence-electron chi connectivity index (χ0n) is 11.6. The van der Waals surface area contributed by atoms with Gasteiger partial charge in [0.2, 0.25) is 0 Å². The van der Waals surface area contributed by atoms with Crippen LogP contribution in [0.3, 0.4) is 0 Å². The molecule has 4 nitrogen and oxygen atoms in total. The van der Waals surface area contributed by atoms with Crippen molar-refractivity contribution in [3.8, 4) is 0 Å². The van der Waals surface area contributed by atoms with E-state index in [-0.39, 0.29) is 0 Å². The fourth-order valence-electron chi connectivity index (χ4n) is 1.89. The molecule has 17 heavy (non-hydrogen) atoms. The van der Waals surface area contributed by atoms with Crippen LogP contribution in [-0.4, -0.2) is 33.1 Å². The first-order valence-corrected chi connectivity index (χ1v) is 6.33. The Morgan fingerprint density at radius 1 is 1.53 bits per heavy atom. The lowest BCUT2D eigenvalue weighted by molar-refractivity contribution is 0.0560. The van der Waals surface area contributed by atoms with E-state index in [1.54, 1.807) is 0 Å². The van der Waals surface area contributed by atoms with E-state index in [9.17, 15) is 5.11 Å². The fourth-order valence-corrected chi connectivity index (χ4v) is 1.89. The van der Waals surface area contributed by atoms with E-state index in [4.69, 9.17) is 0 Å². The number of nitrogens with one attached hydrogen (secondary N) is 1. The van der Waals surface area contributed by atoms with Gasteiger partial charge in [-0.3, -0.25) is 4.68 Å². The quantitative estimate of drug-likeness (QED) is 0.791. The van der Waals surface area contributed by atoms with E-state index in [0.717, 1.165) is 17.9 Å². The molecular weight excluding hydrogens is 214 g/mol. The molecule has 0 bridgehead atoms. The molecule has 0 radical (unpaired) electrons. The van der Waals surface area contributed by atoms with E-state index in [1.165, 1.54) is 0 Å². The predicted molar refractivity (Wildman–Crippen MR) is 70.1 cm³/mol. The Morgan fingerprint density at radius 3 is 2.71 bits per heavy atom. The maximum absolute atomic E-state index is 10.3. The van der Waals surface area contributed by atoms with Gasteiger partial charge in [0.1, 0.15) is 0 Å². The van der Waals surface area contributed by atoms with Crippen molar-refractivity contribution in [3.63, 3.8) is 0 Å². The number of aryl methyl sites for hydroxylation is 2. The highest BCUT2D eigenvalue weighted by Crippen LogP contribution is 2.14. The summed E-state index contributed by atoms with van der Waals surface area (Å²) in [6, 6.07) is 2.44. The van der Waals surface area contributed by atoms with Gasteiger partial charge < -0.3 is 10.4 Å². The van der Waals surface area contributed by atoms with Crippen molar-refractivity contribution >= 4 is 0 Å². The van der Waals surface area contributed by atoms with Gasteiger partial charge in [0.15, 0.2) is 0 Å². The van der Waals surface area contributed by atoms with Crippen LogP contribution in [0.15, 0.2) is 6.07 Å². The lowest BCUT2D eigenvalue weighted by atomic mass is 9.99. The average Bonchev–Trinajstić information content (AvgIpc) is 2.55. The van der Waals surface area contributed by atoms with Crippen LogP contribution in [0.4, 0.5) is 0 Å². The van der Waals surface area contributed by atoms with Crippen LogP contribution in [0.2, 0.25) is 0 Å². The predicted octanol–water partition coefficient (Wildman–Crippen LogP) is 1.50. The van der Waals surface area contributed by atoms with Crippen molar-refractivity contribution in [1.82, 2.24) is 15.1 Å². The monoisotopic (exact) mass is 239 g/mol. The van der Waals surface area contributed by atoms with Gasteiger partial charge in [0.05, 0.1) is 11.3 Å². The van der Waals surface area contributed by atoms with Gasteiger partial charge in [-0.15, -0.1) is 0 Å². The molecule has 0 saturated heterocycles. The van der Waals surface area contributed by atoms with Gasteiger partial charge in [0.25, 0.3) is 0 Å². The molecule has 0 aliphatic carbocycles. The van der Waals surface area contributed by atoms with E-state index in [2.05, 4.69) is 31.2 Å². The minimum absolute atomic E-state index is 0.388. The van der Waals surface area contributed by atoms with Gasteiger partial charge in [-0.1, -0.05) is 13.8 Å². The van der Waals surface area contributed by atoms with Gasteiger partial charge >= 0.3 is 0 Å². The summed E-state index contributed by atoms with van der Waals surface area (Å²) < 4.78 is 1.96. The third kappa shape index (κ3) is 4.48. The molecule has 1 atom stereocenters. The van der Waals surface area contributed by atoms with Gasteiger partial charge in [-0.25, -0.2) is 0 Å². The topological polar surface area (TPSA) is 50.1 Å². The van der Waals surface area contributed by atoms with Crippen molar-refractivity contribution in [2.45, 2.75) is 59.2 Å². The molecule has 0 fully saturated rings. The maximum Gasteiger partial charge on any atom is 0.0798 e. The number of hydrogen-bond acceptors (Lipinski definition) is 3. The summed E-state index contributed by atoms with van der Waals surface area (Å²) in [5.74, 6) is 0. The second kappa shape index (κ2) is 5.65. The molecule has 0 aliphatic heterocycles. The number of hydrogen-bond donors (Lipinski definition) is 2. The zero-order valence-corrected chi connectivity index (χ0v) is 11.6. The largest absolute Gasteiger partial charge is 0.388 e. The Kier molecular flexibility index (Phi) is 4.71.